The Morgan fingerprint density at radius 2 is 1.51 bits per heavy atom. The smallest absolute Gasteiger partial charge is 0.331 e. The van der Waals surface area contributed by atoms with Gasteiger partial charge in [-0.2, -0.15) is 0 Å². The lowest BCUT2D eigenvalue weighted by Gasteiger charge is -2.46. The number of ether oxygens (including phenoxy) is 7. The summed E-state index contributed by atoms with van der Waals surface area (Å²) in [7, 11) is 0. The standard InChI is InChI=1S/C32H40O15/c1-13-20(36)28(44-18(35)9-8-15-6-4-3-5-7-15)30(43-14(2)34)32(42-13)47-26-16-10-11-41-31(19(16)27-29(26)45-27)46-25-17(12-33)21(37)22(38)23(39)24(25)40/h3-11,13,16-17,19-33,36-40H,12H2,1-2H3/t13-,16-,17+,19+,20-,21-,22+,23-,24+,25+,26-,27+,28+,29-,30+,31-,32-/m0/s1. The third kappa shape index (κ3) is 6.70. The first-order valence-electron chi connectivity index (χ1n) is 15.6. The van der Waals surface area contributed by atoms with Crippen LogP contribution in [0.4, 0.5) is 0 Å². The molecule has 15 heteroatoms. The molecule has 0 bridgehead atoms. The largest absolute Gasteiger partial charge is 0.472 e. The van der Waals surface area contributed by atoms with E-state index in [1.54, 1.807) is 31.2 Å². The SMILES string of the molecule is CC(=O)O[C@H]1[C@H](O[C@H]2[C@H]3C=CO[C@@H](O[C@H]4[C@H](O)[C@@H](O)[C@H](O)[C@@H](O)[C@H]4CO)[C@H]3[C@H]3O[C@@H]23)O[C@@H](C)[C@H](O)[C@H]1OC(=O)C=Cc1ccccc1. The van der Waals surface area contributed by atoms with Crippen LogP contribution in [0.15, 0.2) is 48.7 Å². The fourth-order valence-corrected chi connectivity index (χ4v) is 6.99. The summed E-state index contributed by atoms with van der Waals surface area (Å²) < 4.78 is 41.1. The minimum absolute atomic E-state index is 0.426. The van der Waals surface area contributed by atoms with E-state index in [0.717, 1.165) is 12.5 Å². The minimum atomic E-state index is -1.73. The van der Waals surface area contributed by atoms with Crippen LogP contribution in [-0.4, -0.2) is 135 Å². The number of hydrogen-bond donors (Lipinski definition) is 6. The number of carbonyl (C=O) groups is 2. The number of fused-ring (bicyclic) bond motifs is 3. The molecule has 0 aromatic heterocycles. The summed E-state index contributed by atoms with van der Waals surface area (Å²) >= 11 is 0. The maximum absolute atomic E-state index is 12.8. The van der Waals surface area contributed by atoms with Crippen LogP contribution >= 0.6 is 0 Å². The fraction of sp³-hybridized carbons (Fsp3) is 0.625. The van der Waals surface area contributed by atoms with E-state index in [4.69, 9.17) is 33.2 Å². The van der Waals surface area contributed by atoms with Gasteiger partial charge in [0.2, 0.25) is 6.29 Å². The highest BCUT2D eigenvalue weighted by atomic mass is 16.7. The number of carbonyl (C=O) groups excluding carboxylic acids is 2. The Hall–Kier alpha value is -2.96. The average molecular weight is 665 g/mol. The lowest BCUT2D eigenvalue weighted by molar-refractivity contribution is -0.315. The van der Waals surface area contributed by atoms with Gasteiger partial charge in [-0.25, -0.2) is 4.79 Å². The second-order valence-corrected chi connectivity index (χ2v) is 12.5. The van der Waals surface area contributed by atoms with Crippen molar-refractivity contribution in [2.75, 3.05) is 6.61 Å². The normalized spacial score (nSPS) is 45.5. The van der Waals surface area contributed by atoms with Gasteiger partial charge in [0, 0.05) is 24.8 Å². The van der Waals surface area contributed by atoms with E-state index in [2.05, 4.69) is 0 Å². The molecular weight excluding hydrogens is 624 g/mol. The van der Waals surface area contributed by atoms with Crippen molar-refractivity contribution >= 4 is 18.0 Å². The zero-order valence-electron chi connectivity index (χ0n) is 25.6. The third-order valence-electron chi connectivity index (χ3n) is 9.48. The number of aliphatic hydroxyl groups excluding tert-OH is 6. The van der Waals surface area contributed by atoms with Crippen molar-refractivity contribution < 1.29 is 73.4 Å². The predicted molar refractivity (Wildman–Crippen MR) is 155 cm³/mol. The van der Waals surface area contributed by atoms with Crippen LogP contribution in [0.5, 0.6) is 0 Å². The van der Waals surface area contributed by atoms with E-state index >= 15 is 0 Å². The van der Waals surface area contributed by atoms with E-state index in [9.17, 15) is 40.2 Å². The highest BCUT2D eigenvalue weighted by molar-refractivity contribution is 5.87. The van der Waals surface area contributed by atoms with Crippen LogP contribution in [-0.2, 0) is 42.7 Å². The Balaban J connectivity index is 1.18. The molecule has 2 saturated heterocycles. The van der Waals surface area contributed by atoms with Gasteiger partial charge in [0.05, 0.1) is 49.3 Å². The summed E-state index contributed by atoms with van der Waals surface area (Å²) in [6.45, 7) is 2.08. The van der Waals surface area contributed by atoms with Crippen LogP contribution in [0.1, 0.15) is 19.4 Å². The molecular formula is C32H40O15. The average Bonchev–Trinajstić information content (AvgIpc) is 3.78. The number of esters is 2. The number of hydrogen-bond acceptors (Lipinski definition) is 15. The number of aliphatic hydroxyl groups is 6. The zero-order valence-corrected chi connectivity index (χ0v) is 25.6. The Labute approximate surface area is 269 Å². The zero-order chi connectivity index (χ0) is 33.6. The summed E-state index contributed by atoms with van der Waals surface area (Å²) in [6, 6.07) is 9.04. The summed E-state index contributed by atoms with van der Waals surface area (Å²) in [5.74, 6) is -3.58. The highest BCUT2D eigenvalue weighted by Crippen LogP contribution is 2.53. The molecule has 6 rings (SSSR count). The van der Waals surface area contributed by atoms with Gasteiger partial charge in [-0.3, -0.25) is 4.79 Å². The molecule has 4 fully saturated rings. The van der Waals surface area contributed by atoms with Gasteiger partial charge in [-0.15, -0.1) is 0 Å². The predicted octanol–water partition coefficient (Wildman–Crippen LogP) is -1.63. The molecule has 3 aliphatic heterocycles. The quantitative estimate of drug-likeness (QED) is 0.0991. The van der Waals surface area contributed by atoms with Crippen LogP contribution in [0.3, 0.4) is 0 Å². The molecule has 2 saturated carbocycles. The Kier molecular flexibility index (Phi) is 10.0. The van der Waals surface area contributed by atoms with E-state index in [0.29, 0.717) is 0 Å². The summed E-state index contributed by atoms with van der Waals surface area (Å²) in [5.41, 5.74) is 0.750. The van der Waals surface area contributed by atoms with Gasteiger partial charge in [-0.05, 0) is 24.6 Å². The highest BCUT2D eigenvalue weighted by Gasteiger charge is 2.67. The molecule has 0 amide bonds. The van der Waals surface area contributed by atoms with Crippen molar-refractivity contribution in [1.82, 2.24) is 0 Å². The molecule has 0 unspecified atom stereocenters. The Morgan fingerprint density at radius 1 is 0.809 bits per heavy atom. The second-order valence-electron chi connectivity index (χ2n) is 12.5. The molecule has 1 aromatic carbocycles. The van der Waals surface area contributed by atoms with Crippen molar-refractivity contribution in [3.63, 3.8) is 0 Å². The Bertz CT molecular complexity index is 1320. The molecule has 17 atom stereocenters. The molecule has 15 nitrogen and oxygen atoms in total. The van der Waals surface area contributed by atoms with Crippen molar-refractivity contribution in [3.05, 3.63) is 54.3 Å². The van der Waals surface area contributed by atoms with Gasteiger partial charge in [-0.1, -0.05) is 30.3 Å². The molecule has 0 spiro atoms. The molecule has 2 aliphatic carbocycles. The van der Waals surface area contributed by atoms with Crippen LogP contribution in [0.25, 0.3) is 6.08 Å². The van der Waals surface area contributed by atoms with Gasteiger partial charge in [0.15, 0.2) is 18.5 Å². The van der Waals surface area contributed by atoms with E-state index < -0.39 is 122 Å². The number of rotatable bonds is 9. The topological polar surface area (TPSA) is 223 Å². The van der Waals surface area contributed by atoms with Crippen molar-refractivity contribution in [2.45, 2.75) is 99.7 Å². The lowest BCUT2D eigenvalue weighted by atomic mass is 9.78. The van der Waals surface area contributed by atoms with Crippen molar-refractivity contribution in [2.24, 2.45) is 17.8 Å². The molecule has 258 valence electrons. The third-order valence-corrected chi connectivity index (χ3v) is 9.48. The van der Waals surface area contributed by atoms with Crippen molar-refractivity contribution in [1.29, 1.82) is 0 Å². The first-order chi connectivity index (χ1) is 22.5. The molecule has 5 aliphatic rings. The van der Waals surface area contributed by atoms with E-state index in [-0.39, 0.29) is 0 Å². The van der Waals surface area contributed by atoms with Gasteiger partial charge < -0.3 is 63.8 Å². The number of benzene rings is 1. The maximum Gasteiger partial charge on any atom is 0.331 e. The molecule has 1 aromatic rings. The number of epoxide rings is 1. The van der Waals surface area contributed by atoms with Gasteiger partial charge >= 0.3 is 11.9 Å². The first-order valence-corrected chi connectivity index (χ1v) is 15.6. The van der Waals surface area contributed by atoms with E-state index in [1.165, 1.54) is 12.3 Å². The summed E-state index contributed by atoms with van der Waals surface area (Å²) in [5, 5.41) is 62.3. The monoisotopic (exact) mass is 664 g/mol. The maximum atomic E-state index is 12.8. The first kappa shape index (κ1) is 33.9. The second kappa shape index (κ2) is 13.9. The van der Waals surface area contributed by atoms with E-state index in [1.807, 2.05) is 18.2 Å². The summed E-state index contributed by atoms with van der Waals surface area (Å²) in [4.78, 5) is 25.0. The van der Waals surface area contributed by atoms with Crippen LogP contribution in [0.2, 0.25) is 0 Å². The molecule has 3 heterocycles. The molecule has 47 heavy (non-hydrogen) atoms. The molecule has 6 N–H and O–H groups in total. The van der Waals surface area contributed by atoms with Crippen LogP contribution < -0.4 is 0 Å². The Morgan fingerprint density at radius 3 is 2.21 bits per heavy atom. The van der Waals surface area contributed by atoms with Gasteiger partial charge in [0.25, 0.3) is 0 Å². The fourth-order valence-electron chi connectivity index (χ4n) is 6.99. The minimum Gasteiger partial charge on any atom is -0.472 e. The summed E-state index contributed by atoms with van der Waals surface area (Å²) in [6.07, 6.45) is -11.0. The van der Waals surface area contributed by atoms with Crippen LogP contribution in [0, 0.1) is 17.8 Å². The van der Waals surface area contributed by atoms with Crippen molar-refractivity contribution in [3.8, 4) is 0 Å². The lowest BCUT2D eigenvalue weighted by Crippen LogP contribution is -2.63. The van der Waals surface area contributed by atoms with Gasteiger partial charge in [0.1, 0.15) is 30.5 Å². The molecule has 0 radical (unpaired) electrons.